The number of likely N-dealkylation sites (N-methyl/N-ethyl adjacent to an activating group) is 1. The quantitative estimate of drug-likeness (QED) is 0.732. The standard InChI is InChI=1S/C10H14BrN3O/c1-6(10(15)13-2)14-9-4-3-7(12)5-8(9)11/h3-6,14H,12H2,1-2H3,(H,13,15). The van der Waals surface area contributed by atoms with Gasteiger partial charge in [0.05, 0.1) is 0 Å². The Balaban J connectivity index is 2.76. The van der Waals surface area contributed by atoms with Crippen molar-refractivity contribution in [1.29, 1.82) is 0 Å². The molecule has 1 aromatic rings. The van der Waals surface area contributed by atoms with Crippen LogP contribution < -0.4 is 16.4 Å². The average Bonchev–Trinajstić information content (AvgIpc) is 2.20. The van der Waals surface area contributed by atoms with E-state index >= 15 is 0 Å². The van der Waals surface area contributed by atoms with Gasteiger partial charge in [0, 0.05) is 22.9 Å². The van der Waals surface area contributed by atoms with Gasteiger partial charge in [-0.2, -0.15) is 0 Å². The Kier molecular flexibility index (Phi) is 3.96. The normalized spacial score (nSPS) is 11.9. The number of benzene rings is 1. The van der Waals surface area contributed by atoms with Crippen molar-refractivity contribution < 1.29 is 4.79 Å². The second kappa shape index (κ2) is 5.02. The van der Waals surface area contributed by atoms with E-state index in [2.05, 4.69) is 26.6 Å². The zero-order valence-electron chi connectivity index (χ0n) is 8.67. The number of anilines is 2. The molecule has 4 nitrogen and oxygen atoms in total. The van der Waals surface area contributed by atoms with Crippen LogP contribution in [0.2, 0.25) is 0 Å². The lowest BCUT2D eigenvalue weighted by atomic mass is 10.2. The highest BCUT2D eigenvalue weighted by Crippen LogP contribution is 2.25. The first-order valence-electron chi connectivity index (χ1n) is 4.57. The molecule has 1 atom stereocenters. The first-order chi connectivity index (χ1) is 7.04. The minimum atomic E-state index is -0.282. The highest BCUT2D eigenvalue weighted by molar-refractivity contribution is 9.10. The van der Waals surface area contributed by atoms with Crippen LogP contribution in [0.3, 0.4) is 0 Å². The number of carbonyl (C=O) groups is 1. The van der Waals surface area contributed by atoms with Crippen LogP contribution >= 0.6 is 15.9 Å². The van der Waals surface area contributed by atoms with Crippen molar-refractivity contribution in [2.75, 3.05) is 18.1 Å². The maximum Gasteiger partial charge on any atom is 0.241 e. The molecule has 0 bridgehead atoms. The molecule has 0 radical (unpaired) electrons. The summed E-state index contributed by atoms with van der Waals surface area (Å²) in [7, 11) is 1.61. The molecule has 0 aliphatic heterocycles. The van der Waals surface area contributed by atoms with Gasteiger partial charge in [0.1, 0.15) is 6.04 Å². The van der Waals surface area contributed by atoms with E-state index in [-0.39, 0.29) is 11.9 Å². The van der Waals surface area contributed by atoms with E-state index in [1.165, 1.54) is 0 Å². The van der Waals surface area contributed by atoms with E-state index in [4.69, 9.17) is 5.73 Å². The third-order valence-corrected chi connectivity index (χ3v) is 2.66. The number of halogens is 1. The Morgan fingerprint density at radius 2 is 2.20 bits per heavy atom. The lowest BCUT2D eigenvalue weighted by Crippen LogP contribution is -2.35. The van der Waals surface area contributed by atoms with Gasteiger partial charge < -0.3 is 16.4 Å². The molecule has 0 fully saturated rings. The Labute approximate surface area is 97.4 Å². The van der Waals surface area contributed by atoms with Crippen LogP contribution in [0.4, 0.5) is 11.4 Å². The molecule has 82 valence electrons. The van der Waals surface area contributed by atoms with Gasteiger partial charge in [0.15, 0.2) is 0 Å². The zero-order valence-corrected chi connectivity index (χ0v) is 10.3. The summed E-state index contributed by atoms with van der Waals surface area (Å²) in [4.78, 5) is 11.3. The average molecular weight is 272 g/mol. The van der Waals surface area contributed by atoms with Crippen molar-refractivity contribution in [2.24, 2.45) is 0 Å². The highest BCUT2D eigenvalue weighted by Gasteiger charge is 2.11. The molecule has 4 N–H and O–H groups in total. The minimum absolute atomic E-state index is 0.0567. The van der Waals surface area contributed by atoms with E-state index in [9.17, 15) is 4.79 Å². The number of hydrogen-bond acceptors (Lipinski definition) is 3. The lowest BCUT2D eigenvalue weighted by molar-refractivity contribution is -0.121. The number of amides is 1. The maximum absolute atomic E-state index is 11.3. The summed E-state index contributed by atoms with van der Waals surface area (Å²) in [5, 5.41) is 5.65. The lowest BCUT2D eigenvalue weighted by Gasteiger charge is -2.15. The topological polar surface area (TPSA) is 67.2 Å². The Hall–Kier alpha value is -1.23. The molecule has 0 aliphatic carbocycles. The third kappa shape index (κ3) is 3.13. The van der Waals surface area contributed by atoms with E-state index in [1.54, 1.807) is 26.1 Å². The molecule has 0 saturated heterocycles. The molecular weight excluding hydrogens is 258 g/mol. The van der Waals surface area contributed by atoms with Crippen LogP contribution in [0.25, 0.3) is 0 Å². The second-order valence-corrected chi connectivity index (χ2v) is 4.07. The molecule has 0 aliphatic rings. The number of nitrogen functional groups attached to an aromatic ring is 1. The van der Waals surface area contributed by atoms with Crippen LogP contribution in [0, 0.1) is 0 Å². The van der Waals surface area contributed by atoms with Crippen LogP contribution in [-0.2, 0) is 4.79 Å². The zero-order chi connectivity index (χ0) is 11.4. The fourth-order valence-corrected chi connectivity index (χ4v) is 1.67. The Morgan fingerprint density at radius 3 is 2.73 bits per heavy atom. The number of nitrogens with one attached hydrogen (secondary N) is 2. The van der Waals surface area contributed by atoms with Gasteiger partial charge in [-0.3, -0.25) is 4.79 Å². The van der Waals surface area contributed by atoms with Crippen molar-refractivity contribution >= 4 is 33.2 Å². The molecular formula is C10H14BrN3O. The van der Waals surface area contributed by atoms with Gasteiger partial charge in [-0.05, 0) is 41.1 Å². The molecule has 0 heterocycles. The Bertz CT molecular complexity index is 368. The highest BCUT2D eigenvalue weighted by atomic mass is 79.9. The Morgan fingerprint density at radius 1 is 1.53 bits per heavy atom. The first-order valence-corrected chi connectivity index (χ1v) is 5.37. The molecule has 1 rings (SSSR count). The monoisotopic (exact) mass is 271 g/mol. The van der Waals surface area contributed by atoms with Crippen molar-refractivity contribution in [3.8, 4) is 0 Å². The van der Waals surface area contributed by atoms with E-state index in [1.807, 2.05) is 6.07 Å². The van der Waals surface area contributed by atoms with Gasteiger partial charge in [-0.25, -0.2) is 0 Å². The van der Waals surface area contributed by atoms with Gasteiger partial charge in [0.2, 0.25) is 5.91 Å². The fraction of sp³-hybridized carbons (Fsp3) is 0.300. The van der Waals surface area contributed by atoms with Gasteiger partial charge in [-0.1, -0.05) is 0 Å². The van der Waals surface area contributed by atoms with Gasteiger partial charge in [0.25, 0.3) is 0 Å². The van der Waals surface area contributed by atoms with Crippen LogP contribution in [-0.4, -0.2) is 19.0 Å². The van der Waals surface area contributed by atoms with Gasteiger partial charge in [-0.15, -0.1) is 0 Å². The van der Waals surface area contributed by atoms with Crippen LogP contribution in [0.1, 0.15) is 6.92 Å². The van der Waals surface area contributed by atoms with E-state index in [0.29, 0.717) is 5.69 Å². The summed E-state index contributed by atoms with van der Waals surface area (Å²) >= 11 is 3.37. The van der Waals surface area contributed by atoms with Crippen molar-refractivity contribution in [3.05, 3.63) is 22.7 Å². The predicted octanol–water partition coefficient (Wildman–Crippen LogP) is 1.58. The molecule has 15 heavy (non-hydrogen) atoms. The molecule has 1 unspecified atom stereocenters. The smallest absolute Gasteiger partial charge is 0.241 e. The SMILES string of the molecule is CNC(=O)C(C)Nc1ccc(N)cc1Br. The van der Waals surface area contributed by atoms with Crippen LogP contribution in [0.5, 0.6) is 0 Å². The third-order valence-electron chi connectivity index (χ3n) is 2.00. The molecule has 1 amide bonds. The molecule has 0 spiro atoms. The molecule has 1 aromatic carbocycles. The fourth-order valence-electron chi connectivity index (χ4n) is 1.16. The number of nitrogens with two attached hydrogens (primary N) is 1. The summed E-state index contributed by atoms with van der Waals surface area (Å²) in [6.45, 7) is 1.79. The minimum Gasteiger partial charge on any atom is -0.399 e. The molecule has 5 heteroatoms. The summed E-state index contributed by atoms with van der Waals surface area (Å²) in [5.74, 6) is -0.0567. The maximum atomic E-state index is 11.3. The summed E-state index contributed by atoms with van der Waals surface area (Å²) in [6, 6.07) is 5.12. The summed E-state index contributed by atoms with van der Waals surface area (Å²) in [5.41, 5.74) is 7.14. The number of rotatable bonds is 3. The van der Waals surface area contributed by atoms with E-state index in [0.717, 1.165) is 10.2 Å². The van der Waals surface area contributed by atoms with Crippen molar-refractivity contribution in [1.82, 2.24) is 5.32 Å². The van der Waals surface area contributed by atoms with E-state index < -0.39 is 0 Å². The predicted molar refractivity (Wildman–Crippen MR) is 65.7 cm³/mol. The summed E-state index contributed by atoms with van der Waals surface area (Å²) < 4.78 is 0.846. The number of hydrogen-bond donors (Lipinski definition) is 3. The summed E-state index contributed by atoms with van der Waals surface area (Å²) in [6.07, 6.45) is 0. The van der Waals surface area contributed by atoms with Crippen molar-refractivity contribution in [2.45, 2.75) is 13.0 Å². The van der Waals surface area contributed by atoms with Crippen molar-refractivity contribution in [3.63, 3.8) is 0 Å². The van der Waals surface area contributed by atoms with Crippen LogP contribution in [0.15, 0.2) is 22.7 Å². The number of carbonyl (C=O) groups excluding carboxylic acids is 1. The second-order valence-electron chi connectivity index (χ2n) is 3.22. The molecule has 0 aromatic heterocycles. The largest absolute Gasteiger partial charge is 0.399 e. The van der Waals surface area contributed by atoms with Gasteiger partial charge >= 0.3 is 0 Å². The molecule has 0 saturated carbocycles. The first kappa shape index (κ1) is 11.8.